The normalized spacial score (nSPS) is 12.9. The standard InChI is InChI=1S/C11H10Br2N2O2/c12-7-2-1-6-5(3-8(14)11(16)17)4-15-10(6)9(7)13/h1-2,4,8,15H,3,14H2,(H,16,17). The third kappa shape index (κ3) is 2.38. The number of nitrogens with two attached hydrogens (primary N) is 1. The number of rotatable bonds is 3. The Balaban J connectivity index is 2.44. The summed E-state index contributed by atoms with van der Waals surface area (Å²) in [5.41, 5.74) is 7.37. The molecule has 0 aliphatic heterocycles. The van der Waals surface area contributed by atoms with Crippen LogP contribution in [0.1, 0.15) is 5.56 Å². The van der Waals surface area contributed by atoms with Crippen molar-refractivity contribution in [3.8, 4) is 0 Å². The molecule has 0 aliphatic rings. The molecule has 0 spiro atoms. The highest BCUT2D eigenvalue weighted by Gasteiger charge is 2.16. The van der Waals surface area contributed by atoms with E-state index < -0.39 is 12.0 Å². The minimum Gasteiger partial charge on any atom is -0.480 e. The zero-order valence-electron chi connectivity index (χ0n) is 8.71. The smallest absolute Gasteiger partial charge is 0.320 e. The molecule has 1 unspecified atom stereocenters. The number of aliphatic carboxylic acids is 1. The Bertz CT molecular complexity index is 580. The number of fused-ring (bicyclic) bond motifs is 1. The van der Waals surface area contributed by atoms with Crippen LogP contribution < -0.4 is 5.73 Å². The molecule has 6 heteroatoms. The van der Waals surface area contributed by atoms with Crippen molar-refractivity contribution in [1.29, 1.82) is 0 Å². The van der Waals surface area contributed by atoms with Crippen LogP contribution in [0.5, 0.6) is 0 Å². The molecule has 0 aliphatic carbocycles. The number of aromatic amines is 1. The number of H-pyrrole nitrogens is 1. The first kappa shape index (κ1) is 12.6. The second-order valence-corrected chi connectivity index (χ2v) is 5.39. The SMILES string of the molecule is NC(Cc1c[nH]c2c(Br)c(Br)ccc12)C(=O)O. The molecule has 4 N–H and O–H groups in total. The van der Waals surface area contributed by atoms with E-state index in [0.717, 1.165) is 25.4 Å². The van der Waals surface area contributed by atoms with Crippen molar-refractivity contribution in [2.45, 2.75) is 12.5 Å². The molecule has 1 aromatic carbocycles. The molecule has 0 saturated heterocycles. The van der Waals surface area contributed by atoms with Crippen LogP contribution in [0.3, 0.4) is 0 Å². The number of carboxylic acids is 1. The molecule has 0 saturated carbocycles. The van der Waals surface area contributed by atoms with E-state index in [1.54, 1.807) is 6.20 Å². The Morgan fingerprint density at radius 3 is 2.82 bits per heavy atom. The van der Waals surface area contributed by atoms with E-state index in [-0.39, 0.29) is 0 Å². The van der Waals surface area contributed by atoms with E-state index in [1.165, 1.54) is 0 Å². The van der Waals surface area contributed by atoms with E-state index >= 15 is 0 Å². The van der Waals surface area contributed by atoms with E-state index in [2.05, 4.69) is 36.8 Å². The van der Waals surface area contributed by atoms with Crippen LogP contribution in [0.2, 0.25) is 0 Å². The third-order valence-corrected chi connectivity index (χ3v) is 4.61. The molecule has 2 rings (SSSR count). The first-order valence-electron chi connectivity index (χ1n) is 4.93. The monoisotopic (exact) mass is 360 g/mol. The van der Waals surface area contributed by atoms with Gasteiger partial charge in [-0.25, -0.2) is 0 Å². The van der Waals surface area contributed by atoms with E-state index in [4.69, 9.17) is 10.8 Å². The summed E-state index contributed by atoms with van der Waals surface area (Å²) in [7, 11) is 0. The molecular formula is C11H10Br2N2O2. The summed E-state index contributed by atoms with van der Waals surface area (Å²) >= 11 is 6.88. The highest BCUT2D eigenvalue weighted by Crippen LogP contribution is 2.32. The second-order valence-electron chi connectivity index (χ2n) is 3.75. The van der Waals surface area contributed by atoms with Crippen molar-refractivity contribution in [2.24, 2.45) is 5.73 Å². The summed E-state index contributed by atoms with van der Waals surface area (Å²) < 4.78 is 1.87. The van der Waals surface area contributed by atoms with Gasteiger partial charge in [0.25, 0.3) is 0 Å². The van der Waals surface area contributed by atoms with Gasteiger partial charge in [-0.2, -0.15) is 0 Å². The average Bonchev–Trinajstić information content (AvgIpc) is 2.67. The lowest BCUT2D eigenvalue weighted by molar-refractivity contribution is -0.138. The Labute approximate surface area is 114 Å². The largest absolute Gasteiger partial charge is 0.480 e. The van der Waals surface area contributed by atoms with Crippen molar-refractivity contribution >= 4 is 48.7 Å². The van der Waals surface area contributed by atoms with Gasteiger partial charge in [-0.1, -0.05) is 6.07 Å². The summed E-state index contributed by atoms with van der Waals surface area (Å²) in [6.07, 6.45) is 2.11. The Hall–Kier alpha value is -0.850. The fourth-order valence-electron chi connectivity index (χ4n) is 1.69. The van der Waals surface area contributed by atoms with Crippen LogP contribution in [0.25, 0.3) is 10.9 Å². The molecule has 90 valence electrons. The highest BCUT2D eigenvalue weighted by molar-refractivity contribution is 9.13. The van der Waals surface area contributed by atoms with Gasteiger partial charge in [0.1, 0.15) is 6.04 Å². The van der Waals surface area contributed by atoms with Crippen LogP contribution >= 0.6 is 31.9 Å². The van der Waals surface area contributed by atoms with Gasteiger partial charge in [0, 0.05) is 22.5 Å². The number of aromatic nitrogens is 1. The molecule has 1 aromatic heterocycles. The van der Waals surface area contributed by atoms with Gasteiger partial charge in [-0.3, -0.25) is 4.79 Å². The Kier molecular flexibility index (Phi) is 3.56. The fraction of sp³-hybridized carbons (Fsp3) is 0.182. The first-order chi connectivity index (χ1) is 8.00. The summed E-state index contributed by atoms with van der Waals surface area (Å²) in [6.45, 7) is 0. The van der Waals surface area contributed by atoms with Gasteiger partial charge in [0.15, 0.2) is 0 Å². The van der Waals surface area contributed by atoms with Crippen molar-refractivity contribution < 1.29 is 9.90 Å². The first-order valence-corrected chi connectivity index (χ1v) is 6.51. The number of benzene rings is 1. The summed E-state index contributed by atoms with van der Waals surface area (Å²) in [4.78, 5) is 13.8. The maximum absolute atomic E-state index is 10.7. The molecule has 0 bridgehead atoms. The molecule has 0 radical (unpaired) electrons. The van der Waals surface area contributed by atoms with Crippen molar-refractivity contribution in [2.75, 3.05) is 0 Å². The van der Waals surface area contributed by atoms with E-state index in [1.807, 2.05) is 12.1 Å². The quantitative estimate of drug-likeness (QED) is 0.786. The van der Waals surface area contributed by atoms with Gasteiger partial charge in [0.2, 0.25) is 0 Å². The van der Waals surface area contributed by atoms with Crippen molar-refractivity contribution in [3.05, 3.63) is 32.8 Å². The second kappa shape index (κ2) is 4.80. The lowest BCUT2D eigenvalue weighted by Crippen LogP contribution is -2.32. The van der Waals surface area contributed by atoms with Gasteiger partial charge in [-0.15, -0.1) is 0 Å². The molecule has 4 nitrogen and oxygen atoms in total. The lowest BCUT2D eigenvalue weighted by Gasteiger charge is -2.05. The third-order valence-electron chi connectivity index (χ3n) is 2.59. The van der Waals surface area contributed by atoms with Crippen LogP contribution in [-0.4, -0.2) is 22.1 Å². The van der Waals surface area contributed by atoms with Crippen molar-refractivity contribution in [1.82, 2.24) is 4.98 Å². The minimum atomic E-state index is -0.990. The fourth-order valence-corrected chi connectivity index (χ4v) is 2.48. The average molecular weight is 362 g/mol. The summed E-state index contributed by atoms with van der Waals surface area (Å²) in [5.74, 6) is -0.990. The number of nitrogens with one attached hydrogen (secondary N) is 1. The van der Waals surface area contributed by atoms with Gasteiger partial charge >= 0.3 is 5.97 Å². The van der Waals surface area contributed by atoms with Crippen LogP contribution in [0, 0.1) is 0 Å². The van der Waals surface area contributed by atoms with E-state index in [9.17, 15) is 4.79 Å². The summed E-state index contributed by atoms with van der Waals surface area (Å²) in [6, 6.07) is 2.97. The molecule has 17 heavy (non-hydrogen) atoms. The maximum atomic E-state index is 10.7. The molecule has 0 fully saturated rings. The topological polar surface area (TPSA) is 79.1 Å². The van der Waals surface area contributed by atoms with Crippen LogP contribution in [0.15, 0.2) is 27.3 Å². The highest BCUT2D eigenvalue weighted by atomic mass is 79.9. The van der Waals surface area contributed by atoms with Crippen LogP contribution in [0.4, 0.5) is 0 Å². The van der Waals surface area contributed by atoms with Crippen molar-refractivity contribution in [3.63, 3.8) is 0 Å². The number of hydrogen-bond acceptors (Lipinski definition) is 2. The summed E-state index contributed by atoms with van der Waals surface area (Å²) in [5, 5.41) is 9.78. The molecule has 2 aromatic rings. The molecular weight excluding hydrogens is 352 g/mol. The number of halogens is 2. The number of carboxylic acid groups (broad SMARTS) is 1. The Morgan fingerprint density at radius 1 is 1.47 bits per heavy atom. The van der Waals surface area contributed by atoms with Crippen LogP contribution in [-0.2, 0) is 11.2 Å². The van der Waals surface area contributed by atoms with Gasteiger partial charge in [-0.05, 0) is 43.5 Å². The predicted molar refractivity (Wildman–Crippen MR) is 73.0 cm³/mol. The van der Waals surface area contributed by atoms with E-state index in [0.29, 0.717) is 6.42 Å². The van der Waals surface area contributed by atoms with Gasteiger partial charge in [0.05, 0.1) is 9.99 Å². The lowest BCUT2D eigenvalue weighted by atomic mass is 10.1. The Morgan fingerprint density at radius 2 is 2.18 bits per heavy atom. The van der Waals surface area contributed by atoms with Gasteiger partial charge < -0.3 is 15.8 Å². The molecule has 1 heterocycles. The minimum absolute atomic E-state index is 0.309. The zero-order valence-corrected chi connectivity index (χ0v) is 11.9. The molecule has 1 atom stereocenters. The molecule has 0 amide bonds. The predicted octanol–water partition coefficient (Wildman–Crippen LogP) is 2.65. The zero-order chi connectivity index (χ0) is 12.6. The maximum Gasteiger partial charge on any atom is 0.320 e. The number of carbonyl (C=O) groups is 1. The number of hydrogen-bond donors (Lipinski definition) is 3.